The number of rotatable bonds is 7. The summed E-state index contributed by atoms with van der Waals surface area (Å²) in [5.41, 5.74) is 1.87. The van der Waals surface area contributed by atoms with Crippen LogP contribution in [0.25, 0.3) is 0 Å². The van der Waals surface area contributed by atoms with Gasteiger partial charge in [0.1, 0.15) is 5.50 Å². The van der Waals surface area contributed by atoms with E-state index in [9.17, 15) is 18.0 Å². The van der Waals surface area contributed by atoms with Crippen LogP contribution in [-0.4, -0.2) is 42.8 Å². The molecule has 2 aromatic carbocycles. The van der Waals surface area contributed by atoms with Gasteiger partial charge in [0.05, 0.1) is 10.1 Å². The van der Waals surface area contributed by atoms with Crippen LogP contribution in [0.5, 0.6) is 0 Å². The van der Waals surface area contributed by atoms with Crippen molar-refractivity contribution in [2.45, 2.75) is 48.1 Å². The van der Waals surface area contributed by atoms with Crippen LogP contribution >= 0.6 is 23.4 Å². The van der Waals surface area contributed by atoms with Crippen molar-refractivity contribution in [2.24, 2.45) is 0 Å². The molecule has 0 spiro atoms. The summed E-state index contributed by atoms with van der Waals surface area (Å²) >= 11 is 7.26. The molecule has 1 aliphatic rings. The first-order chi connectivity index (χ1) is 15.1. The molecule has 0 bridgehead atoms. The van der Waals surface area contributed by atoms with Gasteiger partial charge in [-0.05, 0) is 50.1 Å². The van der Waals surface area contributed by atoms with Gasteiger partial charge in [0.2, 0.25) is 11.8 Å². The van der Waals surface area contributed by atoms with Gasteiger partial charge in [-0.3, -0.25) is 14.9 Å². The number of sulfone groups is 1. The molecule has 0 radical (unpaired) electrons. The molecule has 0 saturated carbocycles. The summed E-state index contributed by atoms with van der Waals surface area (Å²) < 4.78 is 25.8. The fourth-order valence-corrected chi connectivity index (χ4v) is 6.02. The van der Waals surface area contributed by atoms with Crippen molar-refractivity contribution in [1.29, 1.82) is 0 Å². The Labute approximate surface area is 197 Å². The summed E-state index contributed by atoms with van der Waals surface area (Å²) in [5, 5.41) is 7.44. The van der Waals surface area contributed by atoms with Crippen molar-refractivity contribution in [2.75, 3.05) is 11.9 Å². The van der Waals surface area contributed by atoms with Crippen molar-refractivity contribution >= 4 is 50.7 Å². The molecule has 1 fully saturated rings. The molecule has 2 amide bonds. The van der Waals surface area contributed by atoms with Gasteiger partial charge in [-0.1, -0.05) is 42.3 Å². The summed E-state index contributed by atoms with van der Waals surface area (Å²) in [6.45, 7) is 5.57. The highest BCUT2D eigenvalue weighted by molar-refractivity contribution is 8.01. The van der Waals surface area contributed by atoms with E-state index in [1.54, 1.807) is 24.3 Å². The number of hydrogen-bond donors (Lipinski definition) is 3. The predicted octanol–water partition coefficient (Wildman–Crippen LogP) is 3.25. The summed E-state index contributed by atoms with van der Waals surface area (Å²) in [4.78, 5) is 25.5. The van der Waals surface area contributed by atoms with E-state index in [1.807, 2.05) is 26.8 Å². The van der Waals surface area contributed by atoms with Crippen molar-refractivity contribution in [3.05, 3.63) is 58.6 Å². The number of amides is 2. The maximum atomic E-state index is 12.9. The zero-order chi connectivity index (χ0) is 23.5. The Morgan fingerprint density at radius 2 is 1.91 bits per heavy atom. The molecule has 32 heavy (non-hydrogen) atoms. The minimum atomic E-state index is -3.83. The summed E-state index contributed by atoms with van der Waals surface area (Å²) in [6, 6.07) is 11.7. The zero-order valence-electron chi connectivity index (χ0n) is 18.0. The average molecular weight is 496 g/mol. The van der Waals surface area contributed by atoms with Gasteiger partial charge < -0.3 is 10.6 Å². The van der Waals surface area contributed by atoms with E-state index in [4.69, 9.17) is 11.6 Å². The highest BCUT2D eigenvalue weighted by Gasteiger charge is 2.39. The van der Waals surface area contributed by atoms with E-state index in [-0.39, 0.29) is 17.3 Å². The molecule has 1 saturated heterocycles. The number of carbonyl (C=O) groups is 2. The molecule has 1 aliphatic heterocycles. The fourth-order valence-electron chi connectivity index (χ4n) is 3.25. The highest BCUT2D eigenvalue weighted by atomic mass is 35.5. The monoisotopic (exact) mass is 495 g/mol. The Kier molecular flexibility index (Phi) is 7.87. The lowest BCUT2D eigenvalue weighted by Crippen LogP contribution is -2.60. The number of carbonyl (C=O) groups excluding carboxylic acids is 2. The van der Waals surface area contributed by atoms with Crippen LogP contribution in [0.3, 0.4) is 0 Å². The lowest BCUT2D eigenvalue weighted by atomic mass is 10.2. The van der Waals surface area contributed by atoms with Crippen molar-refractivity contribution in [1.82, 2.24) is 10.6 Å². The van der Waals surface area contributed by atoms with Gasteiger partial charge in [0.15, 0.2) is 15.1 Å². The molecule has 3 N–H and O–H groups in total. The van der Waals surface area contributed by atoms with E-state index in [0.29, 0.717) is 17.1 Å². The maximum Gasteiger partial charge on any atom is 0.241 e. The fraction of sp³-hybridized carbons (Fsp3) is 0.364. The van der Waals surface area contributed by atoms with E-state index >= 15 is 0 Å². The molecule has 3 rings (SSSR count). The van der Waals surface area contributed by atoms with E-state index in [2.05, 4.69) is 16.0 Å². The van der Waals surface area contributed by atoms with Gasteiger partial charge in [-0.2, -0.15) is 0 Å². The molecular weight excluding hydrogens is 470 g/mol. The van der Waals surface area contributed by atoms with E-state index in [1.165, 1.54) is 23.9 Å². The summed E-state index contributed by atoms with van der Waals surface area (Å²) in [7, 11) is -3.83. The second-order valence-electron chi connectivity index (χ2n) is 7.63. The van der Waals surface area contributed by atoms with Crippen LogP contribution in [0.2, 0.25) is 5.02 Å². The van der Waals surface area contributed by atoms with Gasteiger partial charge in [-0.25, -0.2) is 8.42 Å². The van der Waals surface area contributed by atoms with Crippen molar-refractivity contribution < 1.29 is 18.0 Å². The molecule has 1 heterocycles. The average Bonchev–Trinajstić information content (AvgIpc) is 2.74. The second-order valence-corrected chi connectivity index (χ2v) is 11.5. The first-order valence-electron chi connectivity index (χ1n) is 10.2. The molecule has 7 nitrogen and oxygen atoms in total. The zero-order valence-corrected chi connectivity index (χ0v) is 20.4. The lowest BCUT2D eigenvalue weighted by molar-refractivity contribution is -0.122. The van der Waals surface area contributed by atoms with E-state index < -0.39 is 31.7 Å². The Balaban J connectivity index is 1.64. The first-order valence-corrected chi connectivity index (χ1v) is 13.1. The van der Waals surface area contributed by atoms with Crippen molar-refractivity contribution in [3.8, 4) is 0 Å². The van der Waals surface area contributed by atoms with Gasteiger partial charge >= 0.3 is 0 Å². The number of hydrogen-bond acceptors (Lipinski definition) is 6. The molecule has 2 aromatic rings. The number of thioether (sulfide) groups is 1. The number of benzene rings is 2. The maximum absolute atomic E-state index is 12.9. The lowest BCUT2D eigenvalue weighted by Gasteiger charge is -2.31. The van der Waals surface area contributed by atoms with Crippen LogP contribution in [0.4, 0.5) is 5.69 Å². The van der Waals surface area contributed by atoms with Crippen LogP contribution < -0.4 is 16.0 Å². The first kappa shape index (κ1) is 24.6. The Morgan fingerprint density at radius 1 is 1.22 bits per heavy atom. The second kappa shape index (κ2) is 10.2. The molecular formula is C22H26ClN3O4S2. The van der Waals surface area contributed by atoms with E-state index in [0.717, 1.165) is 11.1 Å². The SMILES string of the molecule is CCC(SC1NCC(S(=O)(=O)c2ccc(C)cc2)C(=O)N1)C(=O)Nc1cc(Cl)ccc1C. The van der Waals surface area contributed by atoms with Gasteiger partial charge in [-0.15, -0.1) is 11.8 Å². The van der Waals surface area contributed by atoms with Crippen molar-refractivity contribution in [3.63, 3.8) is 0 Å². The normalized spacial score (nSPS) is 19.8. The molecule has 172 valence electrons. The summed E-state index contributed by atoms with van der Waals surface area (Å²) in [5.74, 6) is -0.795. The van der Waals surface area contributed by atoms with Crippen LogP contribution in [0, 0.1) is 13.8 Å². The smallest absolute Gasteiger partial charge is 0.241 e. The van der Waals surface area contributed by atoms with Crippen LogP contribution in [0.15, 0.2) is 47.4 Å². The molecule has 3 atom stereocenters. The topological polar surface area (TPSA) is 104 Å². The van der Waals surface area contributed by atoms with Gasteiger partial charge in [0, 0.05) is 17.3 Å². The largest absolute Gasteiger partial charge is 0.331 e. The minimum absolute atomic E-state index is 0.0365. The quantitative estimate of drug-likeness (QED) is 0.544. The Bertz CT molecular complexity index is 1110. The Hall–Kier alpha value is -2.07. The third kappa shape index (κ3) is 5.64. The number of nitrogens with one attached hydrogen (secondary N) is 3. The molecule has 0 aromatic heterocycles. The van der Waals surface area contributed by atoms with Gasteiger partial charge in [0.25, 0.3) is 0 Å². The molecule has 3 unspecified atom stereocenters. The predicted molar refractivity (Wildman–Crippen MR) is 129 cm³/mol. The third-order valence-electron chi connectivity index (χ3n) is 5.20. The number of aryl methyl sites for hydroxylation is 2. The number of halogens is 1. The standard InChI is InChI=1S/C22H26ClN3O4S2/c1-4-18(20(27)25-17-11-15(23)8-7-14(17)3)31-22-24-12-19(21(28)26-22)32(29,30)16-9-5-13(2)6-10-16/h5-11,18-19,22,24H,4,12H2,1-3H3,(H,25,27)(H,26,28). The third-order valence-corrected chi connectivity index (χ3v) is 8.93. The van der Waals surface area contributed by atoms with Crippen LogP contribution in [0.1, 0.15) is 24.5 Å². The molecule has 10 heteroatoms. The molecule has 0 aliphatic carbocycles. The highest BCUT2D eigenvalue weighted by Crippen LogP contribution is 2.26. The Morgan fingerprint density at radius 3 is 2.53 bits per heavy atom. The summed E-state index contributed by atoms with van der Waals surface area (Å²) in [6.07, 6.45) is 0.523. The number of anilines is 1. The minimum Gasteiger partial charge on any atom is -0.331 e. The van der Waals surface area contributed by atoms with Crippen LogP contribution in [-0.2, 0) is 19.4 Å².